The first kappa shape index (κ1) is 4.86. The Balaban J connectivity index is 2.54. The van der Waals surface area contributed by atoms with E-state index in [0.717, 1.165) is 6.92 Å². The molecule has 0 saturated heterocycles. The van der Waals surface area contributed by atoms with Crippen molar-refractivity contribution in [2.45, 2.75) is 6.92 Å². The van der Waals surface area contributed by atoms with Crippen LogP contribution >= 0.6 is 0 Å². The predicted octanol–water partition coefficient (Wildman–Crippen LogP) is 1.48. The Kier molecular flexibility index (Phi) is 2.06. The van der Waals surface area contributed by atoms with Gasteiger partial charge in [0, 0.05) is 0 Å². The molecule has 0 aliphatic rings. The SMILES string of the molecule is C[C](F)CF. The largest absolute Gasteiger partial charge is 0.247 e. The molecule has 0 aliphatic heterocycles. The summed E-state index contributed by atoms with van der Waals surface area (Å²) in [6, 6.07) is 0. The molecule has 0 N–H and O–H groups in total. The van der Waals surface area contributed by atoms with Gasteiger partial charge in [-0.2, -0.15) is 0 Å². The van der Waals surface area contributed by atoms with Crippen LogP contribution in [0.25, 0.3) is 0 Å². The van der Waals surface area contributed by atoms with Crippen molar-refractivity contribution in [1.29, 1.82) is 0 Å². The van der Waals surface area contributed by atoms with Crippen molar-refractivity contribution in [3.8, 4) is 0 Å². The summed E-state index contributed by atoms with van der Waals surface area (Å²) in [5, 5.41) is 0. The molecule has 0 aromatic carbocycles. The van der Waals surface area contributed by atoms with Crippen LogP contribution in [-0.2, 0) is 0 Å². The molecular formula is C3H5F2. The van der Waals surface area contributed by atoms with Crippen LogP contribution in [0.4, 0.5) is 8.78 Å². The highest BCUT2D eigenvalue weighted by Gasteiger charge is 1.91. The second-order valence-corrected chi connectivity index (χ2v) is 0.810. The monoisotopic (exact) mass is 79.0 g/mol. The fourth-order valence-corrected chi connectivity index (χ4v) is 0. The molecule has 0 saturated carbocycles. The molecular weight excluding hydrogens is 74.0 g/mol. The standard InChI is InChI=1S/C3H5F2/c1-3(5)2-4/h2H2,1H3. The van der Waals surface area contributed by atoms with Crippen molar-refractivity contribution in [2.75, 3.05) is 6.67 Å². The third kappa shape index (κ3) is 3.86. The third-order valence-corrected chi connectivity index (χ3v) is 0.184. The maximum Gasteiger partial charge on any atom is 0.172 e. The van der Waals surface area contributed by atoms with Gasteiger partial charge in [-0.15, -0.1) is 0 Å². The summed E-state index contributed by atoms with van der Waals surface area (Å²) in [4.78, 5) is 0. The summed E-state index contributed by atoms with van der Waals surface area (Å²) in [6.07, 6.45) is -0.662. The Labute approximate surface area is 29.8 Å². The first-order valence-electron chi connectivity index (χ1n) is 1.31. The summed E-state index contributed by atoms with van der Waals surface area (Å²) in [5.41, 5.74) is 0. The Morgan fingerprint density at radius 3 is 2.00 bits per heavy atom. The van der Waals surface area contributed by atoms with Crippen LogP contribution in [-0.4, -0.2) is 6.67 Å². The Morgan fingerprint density at radius 1 is 1.80 bits per heavy atom. The van der Waals surface area contributed by atoms with Crippen LogP contribution in [0.5, 0.6) is 0 Å². The van der Waals surface area contributed by atoms with Gasteiger partial charge >= 0.3 is 0 Å². The average Bonchev–Trinajstić information content (AvgIpc) is 1.38. The zero-order valence-electron chi connectivity index (χ0n) is 2.96. The van der Waals surface area contributed by atoms with E-state index >= 15 is 0 Å². The lowest BCUT2D eigenvalue weighted by Gasteiger charge is -1.80. The van der Waals surface area contributed by atoms with Crippen LogP contribution in [0, 0.1) is 6.17 Å². The summed E-state index contributed by atoms with van der Waals surface area (Å²) in [5.74, 6) is 0. The number of hydrogen-bond donors (Lipinski definition) is 0. The molecule has 0 aromatic heterocycles. The van der Waals surface area contributed by atoms with Crippen molar-refractivity contribution in [3.63, 3.8) is 0 Å². The van der Waals surface area contributed by atoms with Gasteiger partial charge in [-0.25, -0.2) is 8.78 Å². The van der Waals surface area contributed by atoms with E-state index in [1.54, 1.807) is 0 Å². The molecule has 31 valence electrons. The van der Waals surface area contributed by atoms with Gasteiger partial charge in [-0.05, 0) is 6.92 Å². The average molecular weight is 79.1 g/mol. The van der Waals surface area contributed by atoms with E-state index in [9.17, 15) is 8.78 Å². The molecule has 2 heteroatoms. The van der Waals surface area contributed by atoms with E-state index in [4.69, 9.17) is 0 Å². The minimum atomic E-state index is -0.944. The van der Waals surface area contributed by atoms with Crippen LogP contribution < -0.4 is 0 Å². The van der Waals surface area contributed by atoms with Crippen LogP contribution in [0.15, 0.2) is 0 Å². The second kappa shape index (κ2) is 2.12. The summed E-state index contributed by atoms with van der Waals surface area (Å²) in [7, 11) is 0. The van der Waals surface area contributed by atoms with E-state index in [-0.39, 0.29) is 0 Å². The fourth-order valence-electron chi connectivity index (χ4n) is 0. The Morgan fingerprint density at radius 2 is 2.00 bits per heavy atom. The zero-order chi connectivity index (χ0) is 4.28. The van der Waals surface area contributed by atoms with Gasteiger partial charge in [0.25, 0.3) is 0 Å². The number of hydrogen-bond acceptors (Lipinski definition) is 0. The van der Waals surface area contributed by atoms with Gasteiger partial charge < -0.3 is 0 Å². The summed E-state index contributed by atoms with van der Waals surface area (Å²) >= 11 is 0. The van der Waals surface area contributed by atoms with Crippen molar-refractivity contribution in [1.82, 2.24) is 0 Å². The van der Waals surface area contributed by atoms with Crippen LogP contribution in [0.3, 0.4) is 0 Å². The van der Waals surface area contributed by atoms with Crippen LogP contribution in [0.2, 0.25) is 0 Å². The van der Waals surface area contributed by atoms with Gasteiger partial charge in [0.15, 0.2) is 6.17 Å². The smallest absolute Gasteiger partial charge is 0.172 e. The molecule has 0 amide bonds. The lowest BCUT2D eigenvalue weighted by atomic mass is 10.5. The predicted molar refractivity (Wildman–Crippen MR) is 16.0 cm³/mol. The fraction of sp³-hybridized carbons (Fsp3) is 0.667. The molecule has 0 aromatic rings. The minimum Gasteiger partial charge on any atom is -0.247 e. The number of halogens is 2. The first-order valence-corrected chi connectivity index (χ1v) is 1.31. The number of alkyl halides is 1. The van der Waals surface area contributed by atoms with Crippen molar-refractivity contribution < 1.29 is 8.78 Å². The van der Waals surface area contributed by atoms with E-state index in [1.165, 1.54) is 0 Å². The van der Waals surface area contributed by atoms with E-state index in [0.29, 0.717) is 0 Å². The maximum atomic E-state index is 11.0. The Bertz CT molecular complexity index is 18.9. The molecule has 0 atom stereocenters. The molecule has 0 aliphatic carbocycles. The molecule has 0 bridgehead atoms. The summed E-state index contributed by atoms with van der Waals surface area (Å²) in [6.45, 7) is 0.153. The molecule has 1 radical (unpaired) electrons. The topological polar surface area (TPSA) is 0 Å². The van der Waals surface area contributed by atoms with Gasteiger partial charge in [0.05, 0.1) is 0 Å². The molecule has 0 fully saturated rings. The lowest BCUT2D eigenvalue weighted by molar-refractivity contribution is 0.383. The van der Waals surface area contributed by atoms with Crippen molar-refractivity contribution in [2.24, 2.45) is 0 Å². The highest BCUT2D eigenvalue weighted by Crippen LogP contribution is 1.95. The maximum absolute atomic E-state index is 11.0. The minimum absolute atomic E-state index is 0.662. The van der Waals surface area contributed by atoms with E-state index in [1.807, 2.05) is 0 Å². The van der Waals surface area contributed by atoms with Gasteiger partial charge in [0.1, 0.15) is 6.67 Å². The van der Waals surface area contributed by atoms with Crippen molar-refractivity contribution >= 4 is 0 Å². The second-order valence-electron chi connectivity index (χ2n) is 0.810. The molecule has 0 spiro atoms. The normalized spacial score (nSPS) is 9.60. The molecule has 0 nitrogen and oxygen atoms in total. The molecule has 0 rings (SSSR count). The third-order valence-electron chi connectivity index (χ3n) is 0.184. The molecule has 0 unspecified atom stereocenters. The van der Waals surface area contributed by atoms with E-state index < -0.39 is 12.8 Å². The van der Waals surface area contributed by atoms with Gasteiger partial charge in [0.2, 0.25) is 0 Å². The van der Waals surface area contributed by atoms with Gasteiger partial charge in [-0.1, -0.05) is 0 Å². The molecule has 5 heavy (non-hydrogen) atoms. The highest BCUT2D eigenvalue weighted by atomic mass is 19.2. The first-order chi connectivity index (χ1) is 2.27. The van der Waals surface area contributed by atoms with E-state index in [2.05, 4.69) is 0 Å². The lowest BCUT2D eigenvalue weighted by Crippen LogP contribution is -1.78. The Hall–Kier alpha value is -0.140. The number of rotatable bonds is 1. The van der Waals surface area contributed by atoms with Gasteiger partial charge in [-0.3, -0.25) is 0 Å². The quantitative estimate of drug-likeness (QED) is 0.446. The zero-order valence-corrected chi connectivity index (χ0v) is 2.96. The summed E-state index contributed by atoms with van der Waals surface area (Å²) < 4.78 is 21.7. The highest BCUT2D eigenvalue weighted by molar-refractivity contribution is 4.63. The van der Waals surface area contributed by atoms with Crippen LogP contribution in [0.1, 0.15) is 6.92 Å². The van der Waals surface area contributed by atoms with Crippen molar-refractivity contribution in [3.05, 3.63) is 6.17 Å². The molecule has 0 heterocycles.